The molecule has 122 valence electrons. The Kier molecular flexibility index (Phi) is 3.91. The van der Waals surface area contributed by atoms with Crippen molar-refractivity contribution in [3.63, 3.8) is 0 Å². The maximum atomic E-state index is 5.35. The minimum atomic E-state index is 0.617. The van der Waals surface area contributed by atoms with Gasteiger partial charge >= 0.3 is 0 Å². The fraction of sp³-hybridized carbons (Fsp3) is 0.263. The van der Waals surface area contributed by atoms with Gasteiger partial charge in [-0.3, -0.25) is 0 Å². The summed E-state index contributed by atoms with van der Waals surface area (Å²) in [5.41, 5.74) is 2.82. The van der Waals surface area contributed by atoms with Crippen molar-refractivity contribution in [3.8, 4) is 0 Å². The van der Waals surface area contributed by atoms with Gasteiger partial charge in [0.05, 0.1) is 12.8 Å². The molecule has 0 unspecified atom stereocenters. The number of furan rings is 1. The fourth-order valence-electron chi connectivity index (χ4n) is 3.09. The zero-order valence-corrected chi connectivity index (χ0v) is 13.7. The molecule has 1 aliphatic heterocycles. The number of benzene rings is 1. The topological polar surface area (TPSA) is 54.2 Å². The summed E-state index contributed by atoms with van der Waals surface area (Å²) in [6.45, 7) is 4.42. The number of aromatic nitrogens is 2. The van der Waals surface area contributed by atoms with E-state index in [0.29, 0.717) is 6.54 Å². The molecule has 0 fully saturated rings. The molecule has 0 aliphatic carbocycles. The zero-order valence-electron chi connectivity index (χ0n) is 13.7. The molecule has 5 heteroatoms. The third-order valence-electron chi connectivity index (χ3n) is 4.30. The normalized spacial score (nSPS) is 13.6. The van der Waals surface area contributed by atoms with Crippen molar-refractivity contribution in [2.45, 2.75) is 26.4 Å². The molecule has 0 amide bonds. The molecule has 1 aromatic carbocycles. The molecule has 0 atom stereocenters. The maximum absolute atomic E-state index is 5.35. The molecule has 1 N–H and O–H groups in total. The number of anilines is 2. The van der Waals surface area contributed by atoms with E-state index in [1.165, 1.54) is 11.1 Å². The van der Waals surface area contributed by atoms with Crippen LogP contribution in [0, 0.1) is 6.92 Å². The Labute approximate surface area is 141 Å². The predicted molar refractivity (Wildman–Crippen MR) is 94.0 cm³/mol. The molecule has 3 heterocycles. The van der Waals surface area contributed by atoms with Gasteiger partial charge in [-0.25, -0.2) is 9.97 Å². The molecule has 2 aromatic heterocycles. The van der Waals surface area contributed by atoms with E-state index in [-0.39, 0.29) is 0 Å². The van der Waals surface area contributed by atoms with Crippen molar-refractivity contribution >= 4 is 11.6 Å². The van der Waals surface area contributed by atoms with Gasteiger partial charge in [-0.2, -0.15) is 0 Å². The SMILES string of the molecule is Cc1nc(NCc2ccco2)cc(N2CCc3ccccc3C2)n1. The van der Waals surface area contributed by atoms with Crippen LogP contribution in [0.25, 0.3) is 0 Å². The van der Waals surface area contributed by atoms with E-state index in [1.54, 1.807) is 6.26 Å². The molecule has 1 aliphatic rings. The molecule has 4 rings (SSSR count). The van der Waals surface area contributed by atoms with E-state index in [2.05, 4.69) is 44.5 Å². The molecular weight excluding hydrogens is 300 g/mol. The molecule has 24 heavy (non-hydrogen) atoms. The molecule has 5 nitrogen and oxygen atoms in total. The highest BCUT2D eigenvalue weighted by atomic mass is 16.3. The van der Waals surface area contributed by atoms with Crippen LogP contribution in [-0.2, 0) is 19.5 Å². The molecule has 0 spiro atoms. The van der Waals surface area contributed by atoms with Gasteiger partial charge in [0.15, 0.2) is 0 Å². The number of nitrogens with one attached hydrogen (secondary N) is 1. The van der Waals surface area contributed by atoms with Gasteiger partial charge in [-0.15, -0.1) is 0 Å². The van der Waals surface area contributed by atoms with E-state index in [4.69, 9.17) is 4.42 Å². The third kappa shape index (κ3) is 3.11. The largest absolute Gasteiger partial charge is 0.467 e. The highest BCUT2D eigenvalue weighted by Crippen LogP contribution is 2.24. The van der Waals surface area contributed by atoms with Gasteiger partial charge in [-0.1, -0.05) is 24.3 Å². The first-order valence-corrected chi connectivity index (χ1v) is 8.21. The Balaban J connectivity index is 1.53. The summed E-state index contributed by atoms with van der Waals surface area (Å²) in [4.78, 5) is 11.4. The lowest BCUT2D eigenvalue weighted by Gasteiger charge is -2.30. The van der Waals surface area contributed by atoms with Crippen LogP contribution in [0.1, 0.15) is 22.7 Å². The summed E-state index contributed by atoms with van der Waals surface area (Å²) in [7, 11) is 0. The van der Waals surface area contributed by atoms with Crippen LogP contribution in [-0.4, -0.2) is 16.5 Å². The van der Waals surface area contributed by atoms with Gasteiger partial charge < -0.3 is 14.6 Å². The Morgan fingerprint density at radius 1 is 1.12 bits per heavy atom. The van der Waals surface area contributed by atoms with Gasteiger partial charge in [0.1, 0.15) is 23.2 Å². The minimum absolute atomic E-state index is 0.617. The first-order chi connectivity index (χ1) is 11.8. The number of rotatable bonds is 4. The number of aryl methyl sites for hydroxylation is 1. The summed E-state index contributed by atoms with van der Waals surface area (Å²) in [6, 6.07) is 14.5. The second kappa shape index (κ2) is 6.35. The van der Waals surface area contributed by atoms with Crippen molar-refractivity contribution in [2.75, 3.05) is 16.8 Å². The van der Waals surface area contributed by atoms with Crippen molar-refractivity contribution in [1.82, 2.24) is 9.97 Å². The monoisotopic (exact) mass is 320 g/mol. The van der Waals surface area contributed by atoms with E-state index in [0.717, 1.165) is 42.7 Å². The van der Waals surface area contributed by atoms with Crippen LogP contribution in [0.4, 0.5) is 11.6 Å². The first kappa shape index (κ1) is 14.8. The number of hydrogen-bond donors (Lipinski definition) is 1. The highest BCUT2D eigenvalue weighted by molar-refractivity contribution is 5.51. The van der Waals surface area contributed by atoms with Crippen LogP contribution in [0.2, 0.25) is 0 Å². The Morgan fingerprint density at radius 3 is 2.83 bits per heavy atom. The highest BCUT2D eigenvalue weighted by Gasteiger charge is 2.18. The second-order valence-corrected chi connectivity index (χ2v) is 6.03. The van der Waals surface area contributed by atoms with Crippen molar-refractivity contribution in [1.29, 1.82) is 0 Å². The van der Waals surface area contributed by atoms with Crippen molar-refractivity contribution < 1.29 is 4.42 Å². The Hall–Kier alpha value is -2.82. The van der Waals surface area contributed by atoms with Crippen LogP contribution in [0.15, 0.2) is 53.1 Å². The predicted octanol–water partition coefficient (Wildman–Crippen LogP) is 3.55. The van der Waals surface area contributed by atoms with Crippen LogP contribution in [0.5, 0.6) is 0 Å². The van der Waals surface area contributed by atoms with E-state index in [9.17, 15) is 0 Å². The molecule has 3 aromatic rings. The van der Waals surface area contributed by atoms with E-state index >= 15 is 0 Å². The first-order valence-electron chi connectivity index (χ1n) is 8.21. The maximum Gasteiger partial charge on any atom is 0.134 e. The van der Waals surface area contributed by atoms with Crippen LogP contribution >= 0.6 is 0 Å². The second-order valence-electron chi connectivity index (χ2n) is 6.03. The molecule has 0 radical (unpaired) electrons. The fourth-order valence-corrected chi connectivity index (χ4v) is 3.09. The number of nitrogens with zero attached hydrogens (tertiary/aromatic N) is 3. The summed E-state index contributed by atoms with van der Waals surface area (Å²) in [6.07, 6.45) is 2.73. The van der Waals surface area contributed by atoms with E-state index in [1.807, 2.05) is 25.1 Å². The average molecular weight is 320 g/mol. The number of fused-ring (bicyclic) bond motifs is 1. The van der Waals surface area contributed by atoms with E-state index < -0.39 is 0 Å². The summed E-state index contributed by atoms with van der Waals surface area (Å²) < 4.78 is 5.35. The van der Waals surface area contributed by atoms with Gasteiger partial charge in [0.25, 0.3) is 0 Å². The van der Waals surface area contributed by atoms with Crippen LogP contribution < -0.4 is 10.2 Å². The average Bonchev–Trinajstić information content (AvgIpc) is 3.13. The Bertz CT molecular complexity index is 829. The lowest BCUT2D eigenvalue weighted by Crippen LogP contribution is -2.31. The van der Waals surface area contributed by atoms with Gasteiger partial charge in [0.2, 0.25) is 0 Å². The van der Waals surface area contributed by atoms with Crippen LogP contribution in [0.3, 0.4) is 0 Å². The molecular formula is C19H20N4O. The minimum Gasteiger partial charge on any atom is -0.467 e. The number of hydrogen-bond acceptors (Lipinski definition) is 5. The Morgan fingerprint density at radius 2 is 2.00 bits per heavy atom. The van der Waals surface area contributed by atoms with Crippen molar-refractivity contribution in [3.05, 3.63) is 71.4 Å². The third-order valence-corrected chi connectivity index (χ3v) is 4.30. The molecule has 0 bridgehead atoms. The van der Waals surface area contributed by atoms with Gasteiger partial charge in [0, 0.05) is 19.2 Å². The molecule has 0 saturated heterocycles. The lowest BCUT2D eigenvalue weighted by atomic mass is 10.00. The van der Waals surface area contributed by atoms with Crippen molar-refractivity contribution in [2.24, 2.45) is 0 Å². The van der Waals surface area contributed by atoms with Gasteiger partial charge in [-0.05, 0) is 36.6 Å². The summed E-state index contributed by atoms with van der Waals surface area (Å²) in [5.74, 6) is 3.46. The molecule has 0 saturated carbocycles. The zero-order chi connectivity index (χ0) is 16.4. The smallest absolute Gasteiger partial charge is 0.134 e. The lowest BCUT2D eigenvalue weighted by molar-refractivity contribution is 0.517. The standard InChI is InChI=1S/C19H20N4O/c1-14-21-18(20-12-17-7-4-10-24-17)11-19(22-14)23-9-8-15-5-2-3-6-16(15)13-23/h2-7,10-11H,8-9,12-13H2,1H3,(H,20,21,22). The summed E-state index contributed by atoms with van der Waals surface area (Å²) in [5, 5.41) is 3.31. The summed E-state index contributed by atoms with van der Waals surface area (Å²) >= 11 is 0. The quantitative estimate of drug-likeness (QED) is 0.796.